The minimum atomic E-state index is -1.17. The minimum Gasteiger partial charge on any atom is -0.493 e. The molecule has 1 N–H and O–H groups in total. The second-order valence-electron chi connectivity index (χ2n) is 7.51. The first kappa shape index (κ1) is 22.1. The summed E-state index contributed by atoms with van der Waals surface area (Å²) < 4.78 is 19.9. The second kappa shape index (κ2) is 11.5. The monoisotopic (exact) mass is 457 g/mol. The summed E-state index contributed by atoms with van der Waals surface area (Å²) >= 11 is 1.23. The zero-order valence-electron chi connectivity index (χ0n) is 19.2. The number of nitrogens with zero attached hydrogens (tertiary/aromatic N) is 2. The van der Waals surface area contributed by atoms with Gasteiger partial charge in [0.05, 0.1) is 20.4 Å². The van der Waals surface area contributed by atoms with Crippen molar-refractivity contribution in [2.75, 3.05) is 6.61 Å². The molecule has 0 bridgehead atoms. The van der Waals surface area contributed by atoms with E-state index < -0.39 is 12.0 Å². The molecule has 0 atom stereocenters. The molecule has 0 aliphatic heterocycles. The van der Waals surface area contributed by atoms with Gasteiger partial charge in [0.15, 0.2) is 10.8 Å². The molecule has 7 nitrogen and oxygen atoms in total. The van der Waals surface area contributed by atoms with Gasteiger partial charge in [-0.15, -0.1) is 11.3 Å². The van der Waals surface area contributed by atoms with Crippen LogP contribution in [0.1, 0.15) is 56.1 Å². The molecular weight excluding hydrogens is 428 g/mol. The number of hydrogen-bond donors (Lipinski definition) is 1. The smallest absolute Gasteiger partial charge is 0.303 e. The van der Waals surface area contributed by atoms with Gasteiger partial charge in [0.25, 0.3) is 5.91 Å². The number of thiazole rings is 1. The van der Waals surface area contributed by atoms with Crippen LogP contribution in [-0.2, 0) is 11.3 Å². The summed E-state index contributed by atoms with van der Waals surface area (Å²) in [6.07, 6.45) is 5.35. The zero-order chi connectivity index (χ0) is 23.8. The average molecular weight is 458 g/mol. The molecule has 0 radical (unpaired) electrons. The molecule has 1 aromatic carbocycles. The van der Waals surface area contributed by atoms with E-state index in [1.807, 2.05) is 24.3 Å². The molecule has 2 heterocycles. The van der Waals surface area contributed by atoms with Crippen molar-refractivity contribution in [1.29, 1.82) is 0 Å². The first-order valence-electron chi connectivity index (χ1n) is 11.0. The number of aromatic nitrogens is 1. The maximum Gasteiger partial charge on any atom is 0.303 e. The molecule has 0 saturated heterocycles. The van der Waals surface area contributed by atoms with Crippen molar-refractivity contribution in [2.24, 2.45) is 0 Å². The van der Waals surface area contributed by atoms with Crippen molar-refractivity contribution >= 4 is 23.2 Å². The molecule has 0 aliphatic carbocycles. The number of carboxylic acids is 1. The zero-order valence-corrected chi connectivity index (χ0v) is 19.1. The molecule has 170 valence electrons. The number of benzene rings is 1. The number of rotatable bonds is 12. The Hall–Kier alpha value is -3.13. The lowest BCUT2D eigenvalue weighted by Crippen LogP contribution is -2.36. The molecule has 32 heavy (non-hydrogen) atoms. The summed E-state index contributed by atoms with van der Waals surface area (Å²) in [6.45, 7) is 4.01. The van der Waals surface area contributed by atoms with Crippen LogP contribution >= 0.6 is 11.3 Å². The largest absolute Gasteiger partial charge is 0.493 e. The molecule has 3 rings (SSSR count). The van der Waals surface area contributed by atoms with Gasteiger partial charge < -0.3 is 19.2 Å². The lowest BCUT2D eigenvalue weighted by atomic mass is 10.1. The molecule has 1 amide bonds. The number of unbranched alkanes of at least 4 members (excludes halogenated alkanes) is 2. The third-order valence-electron chi connectivity index (χ3n) is 4.83. The van der Waals surface area contributed by atoms with Crippen LogP contribution in [0.3, 0.4) is 0 Å². The van der Waals surface area contributed by atoms with Crippen LogP contribution in [0.15, 0.2) is 53.3 Å². The van der Waals surface area contributed by atoms with Crippen molar-refractivity contribution in [3.8, 4) is 16.5 Å². The maximum atomic E-state index is 13.3. The SMILES string of the molecule is [2H]C(C)(C)N(Cc1ccccc1OCCCCCC(=O)O)C(=O)c1cnc(-c2ccco2)s1. The topological polar surface area (TPSA) is 92.9 Å². The highest BCUT2D eigenvalue weighted by Gasteiger charge is 2.23. The fraction of sp³-hybridized carbons (Fsp3) is 0.375. The minimum absolute atomic E-state index is 0.158. The van der Waals surface area contributed by atoms with E-state index in [1.165, 1.54) is 22.4 Å². The Kier molecular flexibility index (Phi) is 7.92. The lowest BCUT2D eigenvalue weighted by Gasteiger charge is -2.27. The predicted octanol–water partition coefficient (Wildman–Crippen LogP) is 5.48. The highest BCUT2D eigenvalue weighted by molar-refractivity contribution is 7.16. The third kappa shape index (κ3) is 6.43. The summed E-state index contributed by atoms with van der Waals surface area (Å²) in [5.41, 5.74) is 0.799. The number of amides is 1. The van der Waals surface area contributed by atoms with E-state index in [4.69, 9.17) is 15.6 Å². The fourth-order valence-corrected chi connectivity index (χ4v) is 3.97. The molecule has 0 fully saturated rings. The average Bonchev–Trinajstić information content (AvgIpc) is 3.45. The van der Waals surface area contributed by atoms with E-state index in [0.717, 1.165) is 18.4 Å². The molecular formula is C24H28N2O5S. The van der Waals surface area contributed by atoms with Gasteiger partial charge >= 0.3 is 5.97 Å². The van der Waals surface area contributed by atoms with Crippen molar-refractivity contribution in [3.63, 3.8) is 0 Å². The van der Waals surface area contributed by atoms with Crippen molar-refractivity contribution < 1.29 is 25.2 Å². The quantitative estimate of drug-likeness (QED) is 0.362. The van der Waals surface area contributed by atoms with Gasteiger partial charge in [-0.05, 0) is 51.3 Å². The summed E-state index contributed by atoms with van der Waals surface area (Å²) in [5.74, 6) is 0.172. The number of carbonyl (C=O) groups is 2. The van der Waals surface area contributed by atoms with Crippen LogP contribution in [0.4, 0.5) is 0 Å². The number of para-hydroxylation sites is 1. The summed E-state index contributed by atoms with van der Waals surface area (Å²) in [6, 6.07) is 9.84. The van der Waals surface area contributed by atoms with E-state index >= 15 is 0 Å². The maximum absolute atomic E-state index is 13.3. The molecule has 0 unspecified atom stereocenters. The van der Waals surface area contributed by atoms with Gasteiger partial charge in [-0.3, -0.25) is 9.59 Å². The number of furan rings is 1. The Morgan fingerprint density at radius 1 is 1.22 bits per heavy atom. The summed E-state index contributed by atoms with van der Waals surface area (Å²) in [7, 11) is 0. The van der Waals surface area contributed by atoms with Crippen LogP contribution in [0.25, 0.3) is 10.8 Å². The van der Waals surface area contributed by atoms with Crippen LogP contribution in [-0.4, -0.2) is 39.5 Å². The molecule has 8 heteroatoms. The number of hydrogen-bond acceptors (Lipinski definition) is 6. The number of carbonyl (C=O) groups excluding carboxylic acids is 1. The number of aliphatic carboxylic acids is 1. The first-order valence-corrected chi connectivity index (χ1v) is 11.3. The Bertz CT molecular complexity index is 1060. The molecule has 0 aliphatic rings. The summed E-state index contributed by atoms with van der Waals surface area (Å²) in [4.78, 5) is 30.2. The fourth-order valence-electron chi connectivity index (χ4n) is 3.14. The Morgan fingerprint density at radius 3 is 2.75 bits per heavy atom. The molecule has 3 aromatic rings. The second-order valence-corrected chi connectivity index (χ2v) is 8.54. The van der Waals surface area contributed by atoms with Gasteiger partial charge in [-0.1, -0.05) is 18.2 Å². The van der Waals surface area contributed by atoms with Gasteiger partial charge in [-0.2, -0.15) is 0 Å². The van der Waals surface area contributed by atoms with Gasteiger partial charge in [0.2, 0.25) is 0 Å². The molecule has 2 aromatic heterocycles. The Labute approximate surface area is 193 Å². The van der Waals surface area contributed by atoms with Crippen molar-refractivity contribution in [3.05, 3.63) is 59.3 Å². The predicted molar refractivity (Wildman–Crippen MR) is 123 cm³/mol. The van der Waals surface area contributed by atoms with E-state index in [-0.39, 0.29) is 18.9 Å². The van der Waals surface area contributed by atoms with E-state index in [2.05, 4.69) is 4.98 Å². The Morgan fingerprint density at radius 2 is 2.03 bits per heavy atom. The van der Waals surface area contributed by atoms with E-state index in [0.29, 0.717) is 34.4 Å². The van der Waals surface area contributed by atoms with Crippen LogP contribution in [0, 0.1) is 0 Å². The standard InChI is InChI=1S/C24H28N2O5S/c1-17(2)26(24(29)21-15-25-23(32-21)20-11-8-14-31-20)16-18-9-5-6-10-19(18)30-13-7-3-4-12-22(27)28/h5-6,8-11,14-15,17H,3-4,7,12-13,16H2,1-2H3,(H,27,28)/i17D. The third-order valence-corrected chi connectivity index (χ3v) is 5.83. The van der Waals surface area contributed by atoms with Crippen LogP contribution in [0.5, 0.6) is 5.75 Å². The highest BCUT2D eigenvalue weighted by atomic mass is 32.1. The van der Waals surface area contributed by atoms with Crippen molar-refractivity contribution in [1.82, 2.24) is 9.88 Å². The lowest BCUT2D eigenvalue weighted by molar-refractivity contribution is -0.137. The molecule has 0 spiro atoms. The first-order chi connectivity index (χ1) is 15.8. The van der Waals surface area contributed by atoms with Gasteiger partial charge in [0, 0.05) is 24.5 Å². The van der Waals surface area contributed by atoms with Gasteiger partial charge in [0.1, 0.15) is 10.6 Å². The highest BCUT2D eigenvalue weighted by Crippen LogP contribution is 2.28. The normalized spacial score (nSPS) is 11.8. The summed E-state index contributed by atoms with van der Waals surface area (Å²) in [5, 5.41) is 9.33. The molecule has 0 saturated carbocycles. The van der Waals surface area contributed by atoms with Crippen LogP contribution < -0.4 is 4.74 Å². The number of ether oxygens (including phenoxy) is 1. The van der Waals surface area contributed by atoms with E-state index in [9.17, 15) is 9.59 Å². The van der Waals surface area contributed by atoms with Crippen molar-refractivity contribution in [2.45, 2.75) is 52.1 Å². The van der Waals surface area contributed by atoms with Gasteiger partial charge in [-0.25, -0.2) is 4.98 Å². The van der Waals surface area contributed by atoms with E-state index in [1.54, 1.807) is 32.2 Å². The Balaban J connectivity index is 1.70. The number of carboxylic acid groups (broad SMARTS) is 1. The van der Waals surface area contributed by atoms with Crippen LogP contribution in [0.2, 0.25) is 0 Å².